The second-order valence-corrected chi connectivity index (χ2v) is 6.56. The summed E-state index contributed by atoms with van der Waals surface area (Å²) in [5.74, 6) is 0. The standard InChI is InChI=1S/C15H22O3Si/c1-13(6-5-9-16-11-15-12-17-15)19-18-10-14-7-3-2-4-8-14/h2-4,7-8,15H,1,5-6,9-12,19H2. The van der Waals surface area contributed by atoms with Gasteiger partial charge in [0.25, 0.3) is 0 Å². The second kappa shape index (κ2) is 8.27. The zero-order chi connectivity index (χ0) is 13.3. The second-order valence-electron chi connectivity index (χ2n) is 4.86. The van der Waals surface area contributed by atoms with Gasteiger partial charge in [-0.15, -0.1) is 6.58 Å². The molecule has 1 atom stereocenters. The average molecular weight is 278 g/mol. The van der Waals surface area contributed by atoms with Crippen LogP contribution in [-0.4, -0.2) is 35.7 Å². The molecule has 1 saturated heterocycles. The third kappa shape index (κ3) is 6.68. The Kier molecular flexibility index (Phi) is 6.30. The van der Waals surface area contributed by atoms with E-state index in [0.29, 0.717) is 12.7 Å². The summed E-state index contributed by atoms with van der Waals surface area (Å²) in [5.41, 5.74) is 1.23. The van der Waals surface area contributed by atoms with Crippen LogP contribution in [0.2, 0.25) is 0 Å². The van der Waals surface area contributed by atoms with E-state index in [-0.39, 0.29) is 0 Å². The molecule has 104 valence electrons. The van der Waals surface area contributed by atoms with E-state index in [1.165, 1.54) is 10.8 Å². The summed E-state index contributed by atoms with van der Waals surface area (Å²) in [4.78, 5) is 0. The lowest BCUT2D eigenvalue weighted by atomic mass is 10.2. The average Bonchev–Trinajstić information content (AvgIpc) is 3.24. The van der Waals surface area contributed by atoms with Gasteiger partial charge in [0.2, 0.25) is 0 Å². The Morgan fingerprint density at radius 3 is 2.89 bits per heavy atom. The first-order valence-corrected chi connectivity index (χ1v) is 8.10. The minimum Gasteiger partial charge on any atom is -0.415 e. The summed E-state index contributed by atoms with van der Waals surface area (Å²) >= 11 is 0. The zero-order valence-electron chi connectivity index (χ0n) is 11.3. The van der Waals surface area contributed by atoms with Crippen LogP contribution >= 0.6 is 0 Å². The van der Waals surface area contributed by atoms with E-state index < -0.39 is 9.76 Å². The predicted octanol–water partition coefficient (Wildman–Crippen LogP) is 2.00. The summed E-state index contributed by atoms with van der Waals surface area (Å²) in [6.45, 7) is 7.21. The van der Waals surface area contributed by atoms with Gasteiger partial charge in [-0.05, 0) is 18.4 Å². The maximum absolute atomic E-state index is 5.77. The number of epoxide rings is 1. The van der Waals surface area contributed by atoms with Crippen LogP contribution in [0.3, 0.4) is 0 Å². The number of hydrogen-bond donors (Lipinski definition) is 0. The summed E-state index contributed by atoms with van der Waals surface area (Å²) < 4.78 is 16.3. The van der Waals surface area contributed by atoms with E-state index in [4.69, 9.17) is 13.9 Å². The summed E-state index contributed by atoms with van der Waals surface area (Å²) in [7, 11) is -0.620. The molecule has 1 aromatic rings. The molecule has 1 aromatic carbocycles. The molecule has 2 rings (SSSR count). The summed E-state index contributed by atoms with van der Waals surface area (Å²) in [6, 6.07) is 10.3. The van der Waals surface area contributed by atoms with E-state index in [9.17, 15) is 0 Å². The van der Waals surface area contributed by atoms with Crippen LogP contribution in [0.1, 0.15) is 18.4 Å². The largest absolute Gasteiger partial charge is 0.415 e. The Labute approximate surface area is 117 Å². The fourth-order valence-electron chi connectivity index (χ4n) is 1.76. The van der Waals surface area contributed by atoms with Crippen molar-refractivity contribution < 1.29 is 13.9 Å². The molecule has 0 radical (unpaired) electrons. The normalized spacial score (nSPS) is 18.0. The van der Waals surface area contributed by atoms with Gasteiger partial charge in [0.1, 0.15) is 6.10 Å². The monoisotopic (exact) mass is 278 g/mol. The molecule has 3 nitrogen and oxygen atoms in total. The van der Waals surface area contributed by atoms with E-state index >= 15 is 0 Å². The molecular formula is C15H22O3Si. The lowest BCUT2D eigenvalue weighted by Crippen LogP contribution is -2.06. The van der Waals surface area contributed by atoms with Gasteiger partial charge in [-0.3, -0.25) is 0 Å². The first-order valence-electron chi connectivity index (χ1n) is 6.82. The van der Waals surface area contributed by atoms with Crippen molar-refractivity contribution in [3.05, 3.63) is 47.7 Å². The Hall–Kier alpha value is -0.943. The van der Waals surface area contributed by atoms with Crippen molar-refractivity contribution in [2.45, 2.75) is 25.6 Å². The lowest BCUT2D eigenvalue weighted by Gasteiger charge is -2.07. The maximum Gasteiger partial charge on any atom is 0.188 e. The highest BCUT2D eigenvalue weighted by Crippen LogP contribution is 2.09. The SMILES string of the molecule is C=C(CCCOCC1CO1)[SiH2]OCc1ccccc1. The van der Waals surface area contributed by atoms with Crippen molar-refractivity contribution >= 4 is 9.76 Å². The summed E-state index contributed by atoms with van der Waals surface area (Å²) in [5, 5.41) is 1.27. The van der Waals surface area contributed by atoms with Crippen LogP contribution in [0.5, 0.6) is 0 Å². The molecular weight excluding hydrogens is 256 g/mol. The molecule has 1 heterocycles. The van der Waals surface area contributed by atoms with Crippen LogP contribution in [0.25, 0.3) is 0 Å². The fourth-order valence-corrected chi connectivity index (χ4v) is 2.78. The predicted molar refractivity (Wildman–Crippen MR) is 78.7 cm³/mol. The number of rotatable bonds is 10. The van der Waals surface area contributed by atoms with Crippen molar-refractivity contribution in [3.63, 3.8) is 0 Å². The Morgan fingerprint density at radius 1 is 1.37 bits per heavy atom. The molecule has 19 heavy (non-hydrogen) atoms. The Morgan fingerprint density at radius 2 is 2.16 bits per heavy atom. The molecule has 0 aromatic heterocycles. The van der Waals surface area contributed by atoms with Crippen molar-refractivity contribution in [1.29, 1.82) is 0 Å². The molecule has 0 bridgehead atoms. The van der Waals surface area contributed by atoms with Crippen molar-refractivity contribution in [1.82, 2.24) is 0 Å². The number of allylic oxidation sites excluding steroid dienone is 1. The van der Waals surface area contributed by atoms with Gasteiger partial charge >= 0.3 is 0 Å². The number of ether oxygens (including phenoxy) is 2. The highest BCUT2D eigenvalue weighted by molar-refractivity contribution is 6.37. The van der Waals surface area contributed by atoms with E-state index in [1.54, 1.807) is 0 Å². The van der Waals surface area contributed by atoms with Crippen molar-refractivity contribution in [3.8, 4) is 0 Å². The van der Waals surface area contributed by atoms with Crippen LogP contribution in [0, 0.1) is 0 Å². The third-order valence-electron chi connectivity index (χ3n) is 2.94. The van der Waals surface area contributed by atoms with Gasteiger partial charge in [-0.2, -0.15) is 0 Å². The zero-order valence-corrected chi connectivity index (χ0v) is 12.8. The lowest BCUT2D eigenvalue weighted by molar-refractivity contribution is 0.115. The molecule has 0 amide bonds. The van der Waals surface area contributed by atoms with E-state index in [0.717, 1.165) is 32.7 Å². The van der Waals surface area contributed by atoms with Gasteiger partial charge in [-0.25, -0.2) is 0 Å². The van der Waals surface area contributed by atoms with Gasteiger partial charge in [0, 0.05) is 6.61 Å². The van der Waals surface area contributed by atoms with Crippen LogP contribution in [-0.2, 0) is 20.5 Å². The Balaban J connectivity index is 1.45. The summed E-state index contributed by atoms with van der Waals surface area (Å²) in [6.07, 6.45) is 2.42. The fraction of sp³-hybridized carbons (Fsp3) is 0.467. The minimum atomic E-state index is -0.620. The van der Waals surface area contributed by atoms with Crippen LogP contribution in [0.4, 0.5) is 0 Å². The quantitative estimate of drug-likeness (QED) is 0.373. The highest BCUT2D eigenvalue weighted by atomic mass is 28.2. The molecule has 4 heteroatoms. The number of hydrogen-bond acceptors (Lipinski definition) is 3. The first kappa shape index (κ1) is 14.5. The van der Waals surface area contributed by atoms with E-state index in [2.05, 4.69) is 18.7 Å². The smallest absolute Gasteiger partial charge is 0.188 e. The van der Waals surface area contributed by atoms with Gasteiger partial charge < -0.3 is 13.9 Å². The molecule has 0 aliphatic carbocycles. The van der Waals surface area contributed by atoms with Crippen molar-refractivity contribution in [2.75, 3.05) is 19.8 Å². The topological polar surface area (TPSA) is 31.0 Å². The molecule has 0 N–H and O–H groups in total. The van der Waals surface area contributed by atoms with E-state index in [1.807, 2.05) is 18.2 Å². The number of benzene rings is 1. The Bertz CT molecular complexity index is 376. The highest BCUT2D eigenvalue weighted by Gasteiger charge is 2.21. The minimum absolute atomic E-state index is 0.367. The third-order valence-corrected chi connectivity index (χ3v) is 4.11. The molecule has 1 fully saturated rings. The van der Waals surface area contributed by atoms with Gasteiger partial charge in [0.15, 0.2) is 9.76 Å². The van der Waals surface area contributed by atoms with Gasteiger partial charge in [0.05, 0.1) is 19.8 Å². The molecule has 1 unspecified atom stereocenters. The van der Waals surface area contributed by atoms with Crippen molar-refractivity contribution in [2.24, 2.45) is 0 Å². The van der Waals surface area contributed by atoms with Gasteiger partial charge in [-0.1, -0.05) is 35.5 Å². The van der Waals surface area contributed by atoms with Crippen LogP contribution < -0.4 is 0 Å². The first-order chi connectivity index (χ1) is 9.34. The molecule has 0 saturated carbocycles. The maximum atomic E-state index is 5.77. The molecule has 0 spiro atoms. The molecule has 1 aliphatic heterocycles. The molecule has 1 aliphatic rings. The van der Waals surface area contributed by atoms with Crippen LogP contribution in [0.15, 0.2) is 42.1 Å².